The van der Waals surface area contributed by atoms with Gasteiger partial charge < -0.3 is 19.4 Å². The molecule has 1 aliphatic rings. The first-order chi connectivity index (χ1) is 12.0. The zero-order valence-electron chi connectivity index (χ0n) is 14.3. The molecule has 2 heterocycles. The van der Waals surface area contributed by atoms with E-state index in [2.05, 4.69) is 9.97 Å². The number of nitrogens with one attached hydrogen (secondary N) is 1. The monoisotopic (exact) mass is 343 g/mol. The zero-order valence-corrected chi connectivity index (χ0v) is 14.3. The quantitative estimate of drug-likeness (QED) is 0.887. The fourth-order valence-electron chi connectivity index (χ4n) is 2.94. The Labute approximate surface area is 145 Å². The first kappa shape index (κ1) is 17.2. The first-order valence-electron chi connectivity index (χ1n) is 8.12. The summed E-state index contributed by atoms with van der Waals surface area (Å²) in [5.41, 5.74) is -0.333. The van der Waals surface area contributed by atoms with Crippen LogP contribution in [-0.4, -0.2) is 53.2 Å². The van der Waals surface area contributed by atoms with Crippen LogP contribution in [0.4, 0.5) is 0 Å². The minimum atomic E-state index is -0.568. The number of aromatic nitrogens is 2. The number of benzene rings is 1. The second-order valence-corrected chi connectivity index (χ2v) is 6.22. The van der Waals surface area contributed by atoms with Crippen LogP contribution in [0.1, 0.15) is 22.6 Å². The van der Waals surface area contributed by atoms with Crippen LogP contribution in [0.5, 0.6) is 5.75 Å². The van der Waals surface area contributed by atoms with Crippen molar-refractivity contribution in [2.24, 2.45) is 0 Å². The third-order valence-corrected chi connectivity index (χ3v) is 4.38. The topological polar surface area (TPSA) is 84.5 Å². The SMILES string of the molecule is CO[C@]1(COc2ccccc2)CCN(C(=O)c2cc(C)[nH]c(=O)n2)C1. The molecule has 1 fully saturated rings. The number of methoxy groups -OCH3 is 1. The van der Waals surface area contributed by atoms with E-state index in [0.29, 0.717) is 31.8 Å². The summed E-state index contributed by atoms with van der Waals surface area (Å²) in [5, 5.41) is 0. The van der Waals surface area contributed by atoms with Crippen molar-refractivity contribution in [1.82, 2.24) is 14.9 Å². The number of carbonyl (C=O) groups excluding carboxylic acids is 1. The van der Waals surface area contributed by atoms with Crippen LogP contribution < -0.4 is 10.4 Å². The maximum Gasteiger partial charge on any atom is 0.345 e. The Morgan fingerprint density at radius 1 is 1.36 bits per heavy atom. The number of likely N-dealkylation sites (tertiary alicyclic amines) is 1. The summed E-state index contributed by atoms with van der Waals surface area (Å²) in [6.07, 6.45) is 0.657. The number of para-hydroxylation sites is 1. The molecule has 2 aromatic rings. The summed E-state index contributed by atoms with van der Waals surface area (Å²) >= 11 is 0. The van der Waals surface area contributed by atoms with Gasteiger partial charge in [-0.15, -0.1) is 0 Å². The van der Waals surface area contributed by atoms with Gasteiger partial charge in [-0.2, -0.15) is 4.98 Å². The van der Waals surface area contributed by atoms with Crippen LogP contribution >= 0.6 is 0 Å². The third kappa shape index (κ3) is 3.88. The van der Waals surface area contributed by atoms with E-state index >= 15 is 0 Å². The number of aromatic amines is 1. The summed E-state index contributed by atoms with van der Waals surface area (Å²) in [7, 11) is 1.62. The number of nitrogens with zero attached hydrogens (tertiary/aromatic N) is 2. The lowest BCUT2D eigenvalue weighted by atomic mass is 10.0. The van der Waals surface area contributed by atoms with E-state index in [1.807, 2.05) is 30.3 Å². The van der Waals surface area contributed by atoms with E-state index in [9.17, 15) is 9.59 Å². The first-order valence-corrected chi connectivity index (χ1v) is 8.12. The van der Waals surface area contributed by atoms with Crippen molar-refractivity contribution >= 4 is 5.91 Å². The average Bonchev–Trinajstić information content (AvgIpc) is 3.04. The Hall–Kier alpha value is -2.67. The van der Waals surface area contributed by atoms with Crippen LogP contribution in [0.15, 0.2) is 41.2 Å². The smallest absolute Gasteiger partial charge is 0.345 e. The molecule has 7 heteroatoms. The van der Waals surface area contributed by atoms with Gasteiger partial charge in [0.05, 0.1) is 6.54 Å². The number of hydrogen-bond donors (Lipinski definition) is 1. The molecule has 132 valence electrons. The molecule has 0 spiro atoms. The summed E-state index contributed by atoms with van der Waals surface area (Å²) < 4.78 is 11.5. The molecule has 0 aliphatic carbocycles. The molecular formula is C18H21N3O4. The number of carbonyl (C=O) groups is 1. The zero-order chi connectivity index (χ0) is 17.9. The molecule has 7 nitrogen and oxygen atoms in total. The Morgan fingerprint density at radius 3 is 2.80 bits per heavy atom. The van der Waals surface area contributed by atoms with Crippen molar-refractivity contribution in [2.45, 2.75) is 18.9 Å². The summed E-state index contributed by atoms with van der Waals surface area (Å²) in [6, 6.07) is 11.1. The normalized spacial score (nSPS) is 19.8. The van der Waals surface area contributed by atoms with E-state index in [-0.39, 0.29) is 11.6 Å². The van der Waals surface area contributed by atoms with E-state index < -0.39 is 11.3 Å². The van der Waals surface area contributed by atoms with Gasteiger partial charge >= 0.3 is 5.69 Å². The number of hydrogen-bond acceptors (Lipinski definition) is 5. The molecule has 1 saturated heterocycles. The molecule has 1 N–H and O–H groups in total. The van der Waals surface area contributed by atoms with Crippen molar-refractivity contribution in [1.29, 1.82) is 0 Å². The van der Waals surface area contributed by atoms with Crippen molar-refractivity contribution in [3.63, 3.8) is 0 Å². The largest absolute Gasteiger partial charge is 0.491 e. The lowest BCUT2D eigenvalue weighted by molar-refractivity contribution is -0.0342. The lowest BCUT2D eigenvalue weighted by Gasteiger charge is -2.27. The molecule has 0 saturated carbocycles. The number of aryl methyl sites for hydroxylation is 1. The van der Waals surface area contributed by atoms with Gasteiger partial charge in [0.2, 0.25) is 0 Å². The summed E-state index contributed by atoms with van der Waals surface area (Å²) in [5.74, 6) is 0.489. The highest BCUT2D eigenvalue weighted by atomic mass is 16.5. The van der Waals surface area contributed by atoms with Gasteiger partial charge in [-0.3, -0.25) is 4.79 Å². The van der Waals surface area contributed by atoms with Crippen LogP contribution in [-0.2, 0) is 4.74 Å². The Bertz CT molecular complexity index is 805. The van der Waals surface area contributed by atoms with Gasteiger partial charge in [0.25, 0.3) is 5.91 Å². The van der Waals surface area contributed by atoms with Crippen molar-refractivity contribution in [3.8, 4) is 5.75 Å². The Kier molecular flexibility index (Phi) is 4.85. The fourth-order valence-corrected chi connectivity index (χ4v) is 2.94. The maximum absolute atomic E-state index is 12.6. The number of ether oxygens (including phenoxy) is 2. The maximum atomic E-state index is 12.6. The van der Waals surface area contributed by atoms with Crippen LogP contribution in [0, 0.1) is 6.92 Å². The number of rotatable bonds is 5. The molecule has 1 atom stereocenters. The second kappa shape index (κ2) is 7.06. The van der Waals surface area contributed by atoms with Gasteiger partial charge in [-0.1, -0.05) is 18.2 Å². The molecule has 1 aromatic carbocycles. The second-order valence-electron chi connectivity index (χ2n) is 6.22. The standard InChI is InChI=1S/C18H21N3O4/c1-13-10-15(20-17(23)19-13)16(22)21-9-8-18(11-21,24-2)12-25-14-6-4-3-5-7-14/h3-7,10H,8-9,11-12H2,1-2H3,(H,19,20,23)/t18-/m1/s1. The van der Waals surface area contributed by atoms with Crippen molar-refractivity contribution in [3.05, 3.63) is 58.3 Å². The highest BCUT2D eigenvalue weighted by Crippen LogP contribution is 2.27. The average molecular weight is 343 g/mol. The van der Waals surface area contributed by atoms with Gasteiger partial charge in [0.15, 0.2) is 0 Å². The third-order valence-electron chi connectivity index (χ3n) is 4.38. The van der Waals surface area contributed by atoms with E-state index in [4.69, 9.17) is 9.47 Å². The summed E-state index contributed by atoms with van der Waals surface area (Å²) in [4.78, 5) is 32.1. The van der Waals surface area contributed by atoms with Crippen molar-refractivity contribution < 1.29 is 14.3 Å². The van der Waals surface area contributed by atoms with Crippen LogP contribution in [0.3, 0.4) is 0 Å². The van der Waals surface area contributed by atoms with E-state index in [0.717, 1.165) is 5.75 Å². The predicted molar refractivity (Wildman–Crippen MR) is 91.8 cm³/mol. The minimum Gasteiger partial charge on any atom is -0.491 e. The van der Waals surface area contributed by atoms with Gasteiger partial charge in [0, 0.05) is 19.3 Å². The van der Waals surface area contributed by atoms with Crippen LogP contribution in [0.25, 0.3) is 0 Å². The molecule has 0 unspecified atom stereocenters. The lowest BCUT2D eigenvalue weighted by Crippen LogP contribution is -2.42. The molecule has 3 rings (SSSR count). The number of H-pyrrole nitrogens is 1. The molecule has 1 aromatic heterocycles. The van der Waals surface area contributed by atoms with Crippen LogP contribution in [0.2, 0.25) is 0 Å². The molecule has 1 aliphatic heterocycles. The predicted octanol–water partition coefficient (Wildman–Crippen LogP) is 1.39. The summed E-state index contributed by atoms with van der Waals surface area (Å²) in [6.45, 7) is 2.98. The van der Waals surface area contributed by atoms with Gasteiger partial charge in [-0.05, 0) is 31.5 Å². The molecule has 1 amide bonds. The molecule has 25 heavy (non-hydrogen) atoms. The molecule has 0 bridgehead atoms. The van der Waals surface area contributed by atoms with Gasteiger partial charge in [-0.25, -0.2) is 4.79 Å². The van der Waals surface area contributed by atoms with E-state index in [1.54, 1.807) is 25.0 Å². The Morgan fingerprint density at radius 2 is 2.12 bits per heavy atom. The van der Waals surface area contributed by atoms with Gasteiger partial charge in [0.1, 0.15) is 23.7 Å². The highest BCUT2D eigenvalue weighted by molar-refractivity contribution is 5.92. The minimum absolute atomic E-state index is 0.150. The van der Waals surface area contributed by atoms with E-state index in [1.165, 1.54) is 0 Å². The molecular weight excluding hydrogens is 322 g/mol. The number of amides is 1. The highest BCUT2D eigenvalue weighted by Gasteiger charge is 2.41. The molecule has 0 radical (unpaired) electrons. The Balaban J connectivity index is 1.69. The fraction of sp³-hybridized carbons (Fsp3) is 0.389. The van der Waals surface area contributed by atoms with Crippen molar-refractivity contribution in [2.75, 3.05) is 26.8 Å².